The van der Waals surface area contributed by atoms with Gasteiger partial charge >= 0.3 is 0 Å². The van der Waals surface area contributed by atoms with E-state index in [4.69, 9.17) is 60.7 Å². The van der Waals surface area contributed by atoms with E-state index >= 15 is 0 Å². The van der Waals surface area contributed by atoms with Crippen molar-refractivity contribution in [1.29, 1.82) is 0 Å². The molecule has 0 spiro atoms. The summed E-state index contributed by atoms with van der Waals surface area (Å²) in [7, 11) is 0. The number of ether oxygens (including phenoxy) is 2. The molecule has 0 aromatic heterocycles. The lowest BCUT2D eigenvalue weighted by molar-refractivity contribution is 0.140. The highest BCUT2D eigenvalue weighted by Gasteiger charge is 2.10. The molecule has 29 heavy (non-hydrogen) atoms. The third-order valence-electron chi connectivity index (χ3n) is 3.92. The van der Waals surface area contributed by atoms with Crippen LogP contribution in [0.5, 0.6) is 11.5 Å². The molecule has 0 saturated carbocycles. The van der Waals surface area contributed by atoms with E-state index in [9.17, 15) is 0 Å². The molecule has 0 aliphatic heterocycles. The van der Waals surface area contributed by atoms with Crippen LogP contribution in [0, 0.1) is 0 Å². The molecule has 4 nitrogen and oxygen atoms in total. The van der Waals surface area contributed by atoms with Gasteiger partial charge in [0.2, 0.25) is 0 Å². The zero-order valence-corrected chi connectivity index (χ0v) is 19.8. The van der Waals surface area contributed by atoms with Gasteiger partial charge in [0.25, 0.3) is 0 Å². The van der Waals surface area contributed by atoms with Crippen LogP contribution in [0.3, 0.4) is 0 Å². The van der Waals surface area contributed by atoms with Crippen LogP contribution in [0.4, 0.5) is 0 Å². The summed E-state index contributed by atoms with van der Waals surface area (Å²) in [6.07, 6.45) is 12.0. The van der Waals surface area contributed by atoms with Crippen LogP contribution in [0.25, 0.3) is 0 Å². The zero-order valence-electron chi connectivity index (χ0n) is 16.8. The van der Waals surface area contributed by atoms with Crippen molar-refractivity contribution in [2.24, 2.45) is 5.16 Å². The van der Waals surface area contributed by atoms with Crippen LogP contribution in [0.15, 0.2) is 27.9 Å². The summed E-state index contributed by atoms with van der Waals surface area (Å²) in [4.78, 5) is 5.25. The molecule has 8 heteroatoms. The fourth-order valence-corrected chi connectivity index (χ4v) is 3.10. The average Bonchev–Trinajstić information content (AvgIpc) is 2.67. The first-order valence-corrected chi connectivity index (χ1v) is 11.4. The lowest BCUT2D eigenvalue weighted by Crippen LogP contribution is -2.00. The van der Waals surface area contributed by atoms with E-state index in [1.54, 1.807) is 12.1 Å². The van der Waals surface area contributed by atoms with E-state index in [1.165, 1.54) is 25.3 Å². The molecule has 0 saturated heterocycles. The maximum absolute atomic E-state index is 6.24. The van der Waals surface area contributed by atoms with Gasteiger partial charge in [-0.05, 0) is 44.6 Å². The fourth-order valence-electron chi connectivity index (χ4n) is 2.40. The van der Waals surface area contributed by atoms with E-state index in [1.807, 2.05) is 6.21 Å². The van der Waals surface area contributed by atoms with Gasteiger partial charge < -0.3 is 14.3 Å². The largest absolute Gasteiger partial charge is 0.490 e. The van der Waals surface area contributed by atoms with Gasteiger partial charge in [-0.15, -0.1) is 0 Å². The van der Waals surface area contributed by atoms with Crippen molar-refractivity contribution < 1.29 is 14.3 Å². The number of rotatable bonds is 16. The van der Waals surface area contributed by atoms with Gasteiger partial charge in [0.05, 0.1) is 16.7 Å². The van der Waals surface area contributed by atoms with Crippen LogP contribution < -0.4 is 9.47 Å². The van der Waals surface area contributed by atoms with E-state index in [0.29, 0.717) is 34.8 Å². The van der Waals surface area contributed by atoms with Crippen LogP contribution >= 0.6 is 46.4 Å². The van der Waals surface area contributed by atoms with Crippen molar-refractivity contribution in [3.8, 4) is 11.5 Å². The van der Waals surface area contributed by atoms with Crippen molar-refractivity contribution in [2.75, 3.05) is 19.8 Å². The Bertz CT molecular complexity index is 611. The normalized spacial score (nSPS) is 10.9. The molecule has 0 amide bonds. The third kappa shape index (κ3) is 13.2. The second-order valence-electron chi connectivity index (χ2n) is 6.40. The van der Waals surface area contributed by atoms with Crippen LogP contribution in [0.1, 0.15) is 58.3 Å². The van der Waals surface area contributed by atoms with E-state index in [2.05, 4.69) is 12.1 Å². The number of unbranched alkanes of at least 4 members (excludes halogenated alkanes) is 6. The predicted molar refractivity (Wildman–Crippen MR) is 124 cm³/mol. The number of hydrogen-bond acceptors (Lipinski definition) is 4. The number of nitrogens with zero attached hydrogens (tertiary/aromatic N) is 1. The van der Waals surface area contributed by atoms with Crippen molar-refractivity contribution in [1.82, 2.24) is 0 Å². The minimum Gasteiger partial charge on any atom is -0.490 e. The molecule has 0 fully saturated rings. The van der Waals surface area contributed by atoms with E-state index in [0.717, 1.165) is 32.1 Å². The molecular formula is C21H29Cl4NO3. The quantitative estimate of drug-likeness (QED) is 0.135. The lowest BCUT2D eigenvalue weighted by atomic mass is 10.2. The Morgan fingerprint density at radius 2 is 1.62 bits per heavy atom. The molecular weight excluding hydrogens is 456 g/mol. The number of hydrogen-bond donors (Lipinski definition) is 0. The molecule has 1 rings (SSSR count). The van der Waals surface area contributed by atoms with Gasteiger partial charge in [-0.25, -0.2) is 0 Å². The SMILES string of the molecule is CCCCC/C=N/OCCCCCCOc1c(Cl)cc(OCC=C(Cl)Cl)cc1Cl. The van der Waals surface area contributed by atoms with Crippen LogP contribution in [0.2, 0.25) is 10.0 Å². The monoisotopic (exact) mass is 483 g/mol. The molecule has 0 aliphatic rings. The first-order chi connectivity index (χ1) is 14.0. The van der Waals surface area contributed by atoms with Gasteiger partial charge in [-0.1, -0.05) is 71.3 Å². The first-order valence-electron chi connectivity index (χ1n) is 9.94. The highest BCUT2D eigenvalue weighted by Crippen LogP contribution is 2.37. The summed E-state index contributed by atoms with van der Waals surface area (Å²) < 4.78 is 11.3. The third-order valence-corrected chi connectivity index (χ3v) is 4.79. The second kappa shape index (κ2) is 16.9. The molecule has 0 N–H and O–H groups in total. The number of benzene rings is 1. The maximum atomic E-state index is 6.24. The maximum Gasteiger partial charge on any atom is 0.156 e. The molecule has 0 unspecified atom stereocenters. The van der Waals surface area contributed by atoms with Gasteiger partial charge in [0, 0.05) is 18.3 Å². The summed E-state index contributed by atoms with van der Waals surface area (Å²) in [5.41, 5.74) is 0. The van der Waals surface area contributed by atoms with Gasteiger partial charge in [0.1, 0.15) is 23.5 Å². The standard InChI is InChI=1S/C21H29Cl4NO3/c1-2-3-4-7-11-26-29-13-9-6-5-8-12-28-21-18(22)15-17(16-19(21)23)27-14-10-20(24)25/h10-11,15-16H,2-9,12-14H2,1H3/b26-11+. The number of halogens is 4. The first kappa shape index (κ1) is 26.2. The zero-order chi connectivity index (χ0) is 21.3. The Hall–Kier alpha value is -0.810. The Labute approximate surface area is 194 Å². The number of oxime groups is 1. The van der Waals surface area contributed by atoms with Crippen LogP contribution in [-0.2, 0) is 4.84 Å². The average molecular weight is 485 g/mol. The van der Waals surface area contributed by atoms with Gasteiger partial charge in [0.15, 0.2) is 5.75 Å². The molecule has 1 aromatic rings. The van der Waals surface area contributed by atoms with Crippen molar-refractivity contribution >= 4 is 52.6 Å². The summed E-state index contributed by atoms with van der Waals surface area (Å²) >= 11 is 23.6. The summed E-state index contributed by atoms with van der Waals surface area (Å²) in [5, 5.41) is 4.77. The molecule has 0 aliphatic carbocycles. The lowest BCUT2D eigenvalue weighted by Gasteiger charge is -2.12. The highest BCUT2D eigenvalue weighted by molar-refractivity contribution is 6.55. The molecule has 1 aromatic carbocycles. The Morgan fingerprint density at radius 1 is 0.931 bits per heavy atom. The smallest absolute Gasteiger partial charge is 0.156 e. The Kier molecular flexibility index (Phi) is 15.3. The van der Waals surface area contributed by atoms with Crippen molar-refractivity contribution in [3.63, 3.8) is 0 Å². The Morgan fingerprint density at radius 3 is 2.28 bits per heavy atom. The molecule has 0 heterocycles. The second-order valence-corrected chi connectivity index (χ2v) is 8.22. The highest BCUT2D eigenvalue weighted by atomic mass is 35.5. The van der Waals surface area contributed by atoms with Crippen LogP contribution in [-0.4, -0.2) is 26.0 Å². The minimum atomic E-state index is 0.142. The molecule has 164 valence electrons. The summed E-state index contributed by atoms with van der Waals surface area (Å²) in [6, 6.07) is 3.30. The molecule has 0 bridgehead atoms. The van der Waals surface area contributed by atoms with E-state index in [-0.39, 0.29) is 11.1 Å². The minimum absolute atomic E-state index is 0.142. The van der Waals surface area contributed by atoms with Gasteiger partial charge in [-0.2, -0.15) is 0 Å². The summed E-state index contributed by atoms with van der Waals surface area (Å²) in [6.45, 7) is 3.60. The molecule has 0 radical (unpaired) electrons. The fraction of sp³-hybridized carbons (Fsp3) is 0.571. The van der Waals surface area contributed by atoms with Gasteiger partial charge in [-0.3, -0.25) is 0 Å². The summed E-state index contributed by atoms with van der Waals surface area (Å²) in [5.74, 6) is 0.985. The van der Waals surface area contributed by atoms with Crippen molar-refractivity contribution in [2.45, 2.75) is 58.3 Å². The topological polar surface area (TPSA) is 40.0 Å². The van der Waals surface area contributed by atoms with Crippen molar-refractivity contribution in [3.05, 3.63) is 32.7 Å². The molecule has 0 atom stereocenters. The predicted octanol–water partition coefficient (Wildman–Crippen LogP) is 8.21. The van der Waals surface area contributed by atoms with E-state index < -0.39 is 0 Å². The Balaban J connectivity index is 2.16.